The zero-order valence-corrected chi connectivity index (χ0v) is 18.1. The number of rotatable bonds is 9. The predicted molar refractivity (Wildman–Crippen MR) is 120 cm³/mol. The number of hydrogen-bond donors (Lipinski definition) is 0. The minimum Gasteiger partial charge on any atom is -0.491 e. The third kappa shape index (κ3) is 6.32. The summed E-state index contributed by atoms with van der Waals surface area (Å²) in [4.78, 5) is 14.1. The molecule has 0 bridgehead atoms. The van der Waals surface area contributed by atoms with Crippen molar-refractivity contribution in [3.8, 4) is 11.5 Å². The van der Waals surface area contributed by atoms with E-state index in [1.54, 1.807) is 7.05 Å². The van der Waals surface area contributed by atoms with Crippen molar-refractivity contribution >= 4 is 40.3 Å². The molecule has 0 unspecified atom stereocenters. The molecule has 0 spiro atoms. The molecular formula is C22H23NO4S2. The molecule has 1 saturated heterocycles. The number of carbonyl (C=O) groups excluding carboxylic acids is 1. The molecule has 1 aliphatic rings. The maximum atomic E-state index is 12.0. The van der Waals surface area contributed by atoms with Gasteiger partial charge in [0, 0.05) is 7.05 Å². The Labute approximate surface area is 180 Å². The Hall–Kier alpha value is -2.35. The second-order valence-corrected chi connectivity index (χ2v) is 8.11. The zero-order valence-electron chi connectivity index (χ0n) is 16.4. The number of hydrogen-bond acceptors (Lipinski definition) is 6. The van der Waals surface area contributed by atoms with Gasteiger partial charge in [-0.1, -0.05) is 48.2 Å². The van der Waals surface area contributed by atoms with Crippen LogP contribution >= 0.6 is 24.0 Å². The minimum atomic E-state index is -0.0659. The maximum absolute atomic E-state index is 12.0. The first kappa shape index (κ1) is 21.4. The second-order valence-electron chi connectivity index (χ2n) is 6.44. The van der Waals surface area contributed by atoms with Crippen LogP contribution in [0.3, 0.4) is 0 Å². The van der Waals surface area contributed by atoms with Crippen molar-refractivity contribution in [1.82, 2.24) is 4.90 Å². The predicted octanol–water partition coefficient (Wildman–Crippen LogP) is 4.30. The molecule has 2 aromatic carbocycles. The van der Waals surface area contributed by atoms with Gasteiger partial charge in [0.2, 0.25) is 0 Å². The largest absolute Gasteiger partial charge is 0.491 e. The molecule has 0 saturated carbocycles. The molecule has 0 atom stereocenters. The molecule has 1 fully saturated rings. The van der Waals surface area contributed by atoms with Gasteiger partial charge in [-0.2, -0.15) is 0 Å². The smallest absolute Gasteiger partial charge is 0.265 e. The summed E-state index contributed by atoms with van der Waals surface area (Å²) >= 11 is 6.45. The van der Waals surface area contributed by atoms with Gasteiger partial charge in [0.1, 0.15) is 29.0 Å². The summed E-state index contributed by atoms with van der Waals surface area (Å²) in [6.07, 6.45) is 1.84. The summed E-state index contributed by atoms with van der Waals surface area (Å²) < 4.78 is 17.4. The monoisotopic (exact) mass is 429 g/mol. The molecule has 1 heterocycles. The summed E-state index contributed by atoms with van der Waals surface area (Å²) in [6, 6.07) is 15.5. The summed E-state index contributed by atoms with van der Waals surface area (Å²) in [6.45, 7) is 3.98. The van der Waals surface area contributed by atoms with E-state index in [0.29, 0.717) is 35.7 Å². The Balaban J connectivity index is 1.34. The van der Waals surface area contributed by atoms with Crippen LogP contribution in [0.2, 0.25) is 0 Å². The molecule has 7 heteroatoms. The normalized spacial score (nSPS) is 15.2. The van der Waals surface area contributed by atoms with Gasteiger partial charge in [0.15, 0.2) is 0 Å². The third-order valence-corrected chi connectivity index (χ3v) is 5.63. The number of aryl methyl sites for hydroxylation is 1. The van der Waals surface area contributed by atoms with Gasteiger partial charge in [-0.05, 0) is 48.4 Å². The number of ether oxygens (including phenoxy) is 3. The molecule has 152 valence electrons. The Kier molecular flexibility index (Phi) is 7.69. The number of thioether (sulfide) groups is 1. The van der Waals surface area contributed by atoms with E-state index in [-0.39, 0.29) is 5.91 Å². The van der Waals surface area contributed by atoms with Crippen molar-refractivity contribution in [3.63, 3.8) is 0 Å². The number of carbonyl (C=O) groups is 1. The van der Waals surface area contributed by atoms with Crippen molar-refractivity contribution in [3.05, 3.63) is 64.6 Å². The number of likely N-dealkylation sites (N-methyl/N-ethyl adjacent to an activating group) is 1. The van der Waals surface area contributed by atoms with Crippen molar-refractivity contribution in [2.75, 3.05) is 33.5 Å². The SMILES string of the molecule is Cc1cccc(OCCOCCOc2ccc(/C=C3/SC(=S)N(C)C3=O)cc2)c1. The quantitative estimate of drug-likeness (QED) is 0.337. The fourth-order valence-corrected chi connectivity index (χ4v) is 3.78. The fraction of sp³-hybridized carbons (Fsp3) is 0.273. The Morgan fingerprint density at radius 3 is 2.31 bits per heavy atom. The lowest BCUT2D eigenvalue weighted by Crippen LogP contribution is -2.22. The number of thiocarbonyl (C=S) groups is 1. The average molecular weight is 430 g/mol. The van der Waals surface area contributed by atoms with Crippen molar-refractivity contribution in [1.29, 1.82) is 0 Å². The second kappa shape index (κ2) is 10.4. The summed E-state index contributed by atoms with van der Waals surface area (Å²) in [5.74, 6) is 1.54. The van der Waals surface area contributed by atoms with Crippen LogP contribution < -0.4 is 9.47 Å². The van der Waals surface area contributed by atoms with Crippen LogP contribution in [0.4, 0.5) is 0 Å². The number of nitrogens with zero attached hydrogens (tertiary/aromatic N) is 1. The third-order valence-electron chi connectivity index (χ3n) is 4.15. The zero-order chi connectivity index (χ0) is 20.6. The van der Waals surface area contributed by atoms with Crippen molar-refractivity contribution < 1.29 is 19.0 Å². The van der Waals surface area contributed by atoms with Crippen molar-refractivity contribution in [2.45, 2.75) is 6.92 Å². The highest BCUT2D eigenvalue weighted by molar-refractivity contribution is 8.26. The highest BCUT2D eigenvalue weighted by Gasteiger charge is 2.28. The van der Waals surface area contributed by atoms with E-state index in [1.165, 1.54) is 22.2 Å². The van der Waals surface area contributed by atoms with Crippen molar-refractivity contribution in [2.24, 2.45) is 0 Å². The number of amides is 1. The van der Waals surface area contributed by atoms with Crippen LogP contribution in [-0.2, 0) is 9.53 Å². The van der Waals surface area contributed by atoms with E-state index in [1.807, 2.05) is 61.5 Å². The van der Waals surface area contributed by atoms with Gasteiger partial charge in [-0.25, -0.2) is 0 Å². The van der Waals surface area contributed by atoms with Gasteiger partial charge in [-0.15, -0.1) is 0 Å². The standard InChI is InChI=1S/C22H23NO4S2/c1-16-4-3-5-19(14-16)27-13-11-25-10-12-26-18-8-6-17(7-9-18)15-20-21(24)23(2)22(28)29-20/h3-9,14-15H,10-13H2,1-2H3/b20-15+. The van der Waals surface area contributed by atoms with Crippen LogP contribution in [0, 0.1) is 6.92 Å². The molecular weight excluding hydrogens is 406 g/mol. The van der Waals surface area contributed by atoms with Crippen LogP contribution in [0.15, 0.2) is 53.4 Å². The van der Waals surface area contributed by atoms with E-state index in [2.05, 4.69) is 0 Å². The van der Waals surface area contributed by atoms with E-state index in [9.17, 15) is 4.79 Å². The van der Waals surface area contributed by atoms with Gasteiger partial charge < -0.3 is 14.2 Å². The van der Waals surface area contributed by atoms with Gasteiger partial charge >= 0.3 is 0 Å². The molecule has 29 heavy (non-hydrogen) atoms. The first-order chi connectivity index (χ1) is 14.0. The molecule has 2 aromatic rings. The molecule has 0 aromatic heterocycles. The van der Waals surface area contributed by atoms with E-state index < -0.39 is 0 Å². The molecule has 5 nitrogen and oxygen atoms in total. The molecule has 1 aliphatic heterocycles. The van der Waals surface area contributed by atoms with E-state index >= 15 is 0 Å². The molecule has 0 radical (unpaired) electrons. The van der Waals surface area contributed by atoms with Gasteiger partial charge in [0.25, 0.3) is 5.91 Å². The first-order valence-corrected chi connectivity index (χ1v) is 10.5. The lowest BCUT2D eigenvalue weighted by atomic mass is 10.2. The Morgan fingerprint density at radius 2 is 1.69 bits per heavy atom. The van der Waals surface area contributed by atoms with Crippen LogP contribution in [0.25, 0.3) is 6.08 Å². The highest BCUT2D eigenvalue weighted by Crippen LogP contribution is 2.31. The molecule has 0 N–H and O–H groups in total. The first-order valence-electron chi connectivity index (χ1n) is 9.24. The summed E-state index contributed by atoms with van der Waals surface area (Å²) in [7, 11) is 1.69. The molecule has 3 rings (SSSR count). The summed E-state index contributed by atoms with van der Waals surface area (Å²) in [5, 5.41) is 0. The minimum absolute atomic E-state index is 0.0659. The molecule has 1 amide bonds. The summed E-state index contributed by atoms with van der Waals surface area (Å²) in [5.41, 5.74) is 2.10. The lowest BCUT2D eigenvalue weighted by molar-refractivity contribution is -0.121. The van der Waals surface area contributed by atoms with Crippen LogP contribution in [-0.4, -0.2) is 48.6 Å². The molecule has 0 aliphatic carbocycles. The van der Waals surface area contributed by atoms with Crippen LogP contribution in [0.5, 0.6) is 11.5 Å². The van der Waals surface area contributed by atoms with Gasteiger partial charge in [-0.3, -0.25) is 9.69 Å². The average Bonchev–Trinajstić information content (AvgIpc) is 2.95. The van der Waals surface area contributed by atoms with E-state index in [4.69, 9.17) is 26.4 Å². The van der Waals surface area contributed by atoms with E-state index in [0.717, 1.165) is 17.1 Å². The number of benzene rings is 2. The topological polar surface area (TPSA) is 48.0 Å². The Bertz CT molecular complexity index is 896. The lowest BCUT2D eigenvalue weighted by Gasteiger charge is -2.09. The Morgan fingerprint density at radius 1 is 1.00 bits per heavy atom. The maximum Gasteiger partial charge on any atom is 0.265 e. The fourth-order valence-electron chi connectivity index (χ4n) is 2.60. The highest BCUT2D eigenvalue weighted by atomic mass is 32.2. The van der Waals surface area contributed by atoms with Crippen LogP contribution in [0.1, 0.15) is 11.1 Å². The van der Waals surface area contributed by atoms with Gasteiger partial charge in [0.05, 0.1) is 18.1 Å².